The molecule has 0 unspecified atom stereocenters. The van der Waals surface area contributed by atoms with Crippen LogP contribution in [0.3, 0.4) is 0 Å². The van der Waals surface area contributed by atoms with Gasteiger partial charge in [-0.1, -0.05) is 84.0 Å². The van der Waals surface area contributed by atoms with E-state index in [2.05, 4.69) is 11.6 Å². The van der Waals surface area contributed by atoms with E-state index in [4.69, 9.17) is 0 Å². The standard InChI is InChI=1S/C16H33BO2.Zn/c1-2-3-4-5-6-7-8-9-10-11-12-13-14-15-16(18)19-17;/h2-15,17H2,1H3;. The Bertz CT molecular complexity index is 201. The van der Waals surface area contributed by atoms with E-state index in [0.717, 1.165) is 6.42 Å². The van der Waals surface area contributed by atoms with Gasteiger partial charge in [0, 0.05) is 25.9 Å². The quantitative estimate of drug-likeness (QED) is 0.344. The van der Waals surface area contributed by atoms with Crippen LogP contribution in [0.2, 0.25) is 0 Å². The van der Waals surface area contributed by atoms with E-state index in [0.29, 0.717) is 6.42 Å². The summed E-state index contributed by atoms with van der Waals surface area (Å²) >= 11 is 0. The minimum atomic E-state index is -0.0666. The van der Waals surface area contributed by atoms with Crippen LogP contribution in [0.15, 0.2) is 0 Å². The third-order valence-electron chi connectivity index (χ3n) is 3.71. The molecule has 0 rings (SSSR count). The van der Waals surface area contributed by atoms with E-state index in [1.54, 1.807) is 0 Å². The first-order valence-corrected chi connectivity index (χ1v) is 8.38. The largest absolute Gasteiger partial charge is 0.543 e. The van der Waals surface area contributed by atoms with Crippen molar-refractivity contribution in [2.75, 3.05) is 0 Å². The van der Waals surface area contributed by atoms with Crippen molar-refractivity contribution in [3.8, 4) is 0 Å². The van der Waals surface area contributed by atoms with Gasteiger partial charge in [-0.05, 0) is 6.42 Å². The molecule has 0 saturated heterocycles. The fourth-order valence-corrected chi connectivity index (χ4v) is 2.39. The van der Waals surface area contributed by atoms with E-state index in [9.17, 15) is 4.79 Å². The summed E-state index contributed by atoms with van der Waals surface area (Å²) < 4.78 is 4.62. The zero-order chi connectivity index (χ0) is 14.2. The maximum absolute atomic E-state index is 10.9. The van der Waals surface area contributed by atoms with E-state index in [-0.39, 0.29) is 25.4 Å². The van der Waals surface area contributed by atoms with Crippen LogP contribution >= 0.6 is 0 Å². The van der Waals surface area contributed by atoms with Crippen LogP contribution in [0.25, 0.3) is 0 Å². The Kier molecular flexibility index (Phi) is 21.5. The van der Waals surface area contributed by atoms with Gasteiger partial charge < -0.3 is 4.65 Å². The Balaban J connectivity index is 0. The molecule has 0 bridgehead atoms. The summed E-state index contributed by atoms with van der Waals surface area (Å²) in [5.74, 6) is -0.0666. The Morgan fingerprint density at radius 3 is 1.45 bits per heavy atom. The summed E-state index contributed by atoms with van der Waals surface area (Å²) in [6.45, 7) is 2.27. The van der Waals surface area contributed by atoms with E-state index in [1.807, 2.05) is 0 Å². The third-order valence-corrected chi connectivity index (χ3v) is 3.71. The fourth-order valence-electron chi connectivity index (χ4n) is 2.39. The second-order valence-electron chi connectivity index (χ2n) is 5.57. The molecule has 20 heavy (non-hydrogen) atoms. The molecule has 0 saturated carbocycles. The summed E-state index contributed by atoms with van der Waals surface area (Å²) in [4.78, 5) is 10.9. The first-order valence-electron chi connectivity index (χ1n) is 8.38. The maximum atomic E-state index is 10.9. The van der Waals surface area contributed by atoms with Gasteiger partial charge in [-0.25, -0.2) is 0 Å². The SMILES string of the molecule is BOC(=O)CCCCCCCCCCCCCCC.[Zn]. The summed E-state index contributed by atoms with van der Waals surface area (Å²) in [6, 6.07) is 0. The van der Waals surface area contributed by atoms with Crippen LogP contribution < -0.4 is 0 Å². The molecule has 0 heterocycles. The van der Waals surface area contributed by atoms with Gasteiger partial charge in [0.05, 0.1) is 0 Å². The molecule has 0 radical (unpaired) electrons. The third kappa shape index (κ3) is 18.2. The molecule has 0 aliphatic carbocycles. The second-order valence-corrected chi connectivity index (χ2v) is 5.57. The van der Waals surface area contributed by atoms with Gasteiger partial charge >= 0.3 is 8.05 Å². The van der Waals surface area contributed by atoms with Crippen LogP contribution in [-0.2, 0) is 28.9 Å². The maximum Gasteiger partial charge on any atom is 0.325 e. The summed E-state index contributed by atoms with van der Waals surface area (Å²) in [7, 11) is 1.46. The molecule has 0 aromatic carbocycles. The zero-order valence-electron chi connectivity index (χ0n) is 13.9. The minimum absolute atomic E-state index is 0. The molecule has 0 amide bonds. The molecule has 4 heteroatoms. The predicted molar refractivity (Wildman–Crippen MR) is 84.9 cm³/mol. The van der Waals surface area contributed by atoms with Crippen molar-refractivity contribution in [3.63, 3.8) is 0 Å². The summed E-state index contributed by atoms with van der Waals surface area (Å²) in [5, 5.41) is 0. The van der Waals surface area contributed by atoms with Crippen LogP contribution in [0, 0.1) is 0 Å². The van der Waals surface area contributed by atoms with Gasteiger partial charge in [-0.3, -0.25) is 4.79 Å². The monoisotopic (exact) mass is 332 g/mol. The van der Waals surface area contributed by atoms with Crippen molar-refractivity contribution >= 4 is 14.0 Å². The molecular formula is C16H33BO2Zn. The Labute approximate surface area is 140 Å². The number of carbonyl (C=O) groups excluding carboxylic acids is 1. The average molecular weight is 334 g/mol. The molecule has 0 aromatic rings. The van der Waals surface area contributed by atoms with Gasteiger partial charge in [-0.15, -0.1) is 0 Å². The molecule has 0 fully saturated rings. The van der Waals surface area contributed by atoms with Crippen molar-refractivity contribution < 1.29 is 28.9 Å². The number of hydrogen-bond donors (Lipinski definition) is 0. The number of hydrogen-bond acceptors (Lipinski definition) is 2. The van der Waals surface area contributed by atoms with Crippen LogP contribution in [0.1, 0.15) is 96.8 Å². The van der Waals surface area contributed by atoms with Gasteiger partial charge in [0.25, 0.3) is 5.97 Å². The van der Waals surface area contributed by atoms with Crippen LogP contribution in [0.5, 0.6) is 0 Å². The van der Waals surface area contributed by atoms with Gasteiger partial charge in [-0.2, -0.15) is 0 Å². The average Bonchev–Trinajstić information content (AvgIpc) is 2.43. The normalized spacial score (nSPS) is 10.1. The molecule has 0 aromatic heterocycles. The van der Waals surface area contributed by atoms with Crippen molar-refractivity contribution in [2.24, 2.45) is 0 Å². The first kappa shape index (κ1) is 22.4. The van der Waals surface area contributed by atoms with Crippen molar-refractivity contribution in [2.45, 2.75) is 96.8 Å². The molecule has 0 spiro atoms. The molecule has 0 aliphatic rings. The number of unbranched alkanes of at least 4 members (excludes halogenated alkanes) is 12. The molecule has 2 nitrogen and oxygen atoms in total. The topological polar surface area (TPSA) is 26.3 Å². The van der Waals surface area contributed by atoms with Crippen LogP contribution in [-0.4, -0.2) is 14.0 Å². The van der Waals surface area contributed by atoms with Crippen LogP contribution in [0.4, 0.5) is 0 Å². The summed E-state index contributed by atoms with van der Waals surface area (Å²) in [5.41, 5.74) is 0. The summed E-state index contributed by atoms with van der Waals surface area (Å²) in [6.07, 6.45) is 18.0. The Hall–Kier alpha value is 0.158. The van der Waals surface area contributed by atoms with E-state index >= 15 is 0 Å². The minimum Gasteiger partial charge on any atom is -0.543 e. The van der Waals surface area contributed by atoms with Crippen molar-refractivity contribution in [3.05, 3.63) is 0 Å². The van der Waals surface area contributed by atoms with Gasteiger partial charge in [0.15, 0.2) is 0 Å². The second kappa shape index (κ2) is 19.2. The van der Waals surface area contributed by atoms with Gasteiger partial charge in [0.2, 0.25) is 0 Å². The number of rotatable bonds is 14. The Morgan fingerprint density at radius 1 is 0.750 bits per heavy atom. The smallest absolute Gasteiger partial charge is 0.325 e. The molecule has 0 N–H and O–H groups in total. The molecular weight excluding hydrogens is 300 g/mol. The van der Waals surface area contributed by atoms with E-state index in [1.165, 1.54) is 85.1 Å². The number of carbonyl (C=O) groups is 1. The molecule has 114 valence electrons. The van der Waals surface area contributed by atoms with E-state index < -0.39 is 0 Å². The molecule has 0 atom stereocenters. The zero-order valence-corrected chi connectivity index (χ0v) is 16.9. The first-order chi connectivity index (χ1) is 9.31. The van der Waals surface area contributed by atoms with Crippen molar-refractivity contribution in [1.82, 2.24) is 0 Å². The fraction of sp³-hybridized carbons (Fsp3) is 0.938. The van der Waals surface area contributed by atoms with Gasteiger partial charge in [0.1, 0.15) is 0 Å². The predicted octanol–water partition coefficient (Wildman–Crippen LogP) is 4.56. The molecule has 0 aliphatic heterocycles. The van der Waals surface area contributed by atoms with Crippen molar-refractivity contribution in [1.29, 1.82) is 0 Å². The Morgan fingerprint density at radius 2 is 1.10 bits per heavy atom.